The van der Waals surface area contributed by atoms with Gasteiger partial charge in [0.15, 0.2) is 5.78 Å². The molecule has 0 aliphatic carbocycles. The first-order valence-corrected chi connectivity index (χ1v) is 10.3. The van der Waals surface area contributed by atoms with Crippen molar-refractivity contribution in [1.82, 2.24) is 5.32 Å². The lowest BCUT2D eigenvalue weighted by molar-refractivity contribution is -0.157. The molecule has 1 aromatic carbocycles. The molecule has 1 amide bonds. The Labute approximate surface area is 186 Å². The third-order valence-corrected chi connectivity index (χ3v) is 4.31. The Balaban J connectivity index is 3.21. The summed E-state index contributed by atoms with van der Waals surface area (Å²) < 4.78 is 16.8. The summed E-state index contributed by atoms with van der Waals surface area (Å²) >= 11 is 2.07. The molecule has 0 unspecified atom stereocenters. The van der Waals surface area contributed by atoms with Gasteiger partial charge in [-0.3, -0.25) is 4.79 Å². The molecule has 8 heteroatoms. The minimum atomic E-state index is -0.979. The second-order valence-electron chi connectivity index (χ2n) is 8.65. The smallest absolute Gasteiger partial charge is 0.408 e. The number of nitrogens with one attached hydrogen (secondary N) is 1. The lowest BCUT2D eigenvalue weighted by Gasteiger charge is -2.26. The second-order valence-corrected chi connectivity index (χ2v) is 9.81. The van der Waals surface area contributed by atoms with Crippen molar-refractivity contribution in [2.45, 2.75) is 72.1 Å². The fraction of sp³-hybridized carbons (Fsp3) is 0.571. The maximum Gasteiger partial charge on any atom is 0.408 e. The van der Waals surface area contributed by atoms with E-state index in [0.717, 1.165) is 3.57 Å². The van der Waals surface area contributed by atoms with Crippen molar-refractivity contribution >= 4 is 40.4 Å². The van der Waals surface area contributed by atoms with E-state index in [1.807, 2.05) is 0 Å². The Kier molecular flexibility index (Phi) is 8.49. The van der Waals surface area contributed by atoms with E-state index in [9.17, 15) is 14.4 Å². The Morgan fingerprint density at radius 3 is 2.03 bits per heavy atom. The van der Waals surface area contributed by atoms with E-state index in [4.69, 9.17) is 14.2 Å². The molecule has 29 heavy (non-hydrogen) atoms. The Morgan fingerprint density at radius 1 is 1.03 bits per heavy atom. The molecule has 0 radical (unpaired) electrons. The number of esters is 1. The summed E-state index contributed by atoms with van der Waals surface area (Å²) in [5, 5.41) is 2.59. The molecule has 7 nitrogen and oxygen atoms in total. The number of alkyl carbamates (subject to hydrolysis) is 1. The topological polar surface area (TPSA) is 90.9 Å². The van der Waals surface area contributed by atoms with Crippen molar-refractivity contribution < 1.29 is 28.6 Å². The molecule has 0 fully saturated rings. The van der Waals surface area contributed by atoms with Gasteiger partial charge in [-0.15, -0.1) is 0 Å². The molecule has 0 saturated heterocycles. The third-order valence-electron chi connectivity index (χ3n) is 3.51. The van der Waals surface area contributed by atoms with Crippen LogP contribution in [-0.4, -0.2) is 42.2 Å². The van der Waals surface area contributed by atoms with Gasteiger partial charge in [-0.1, -0.05) is 0 Å². The van der Waals surface area contributed by atoms with E-state index in [-0.39, 0.29) is 12.2 Å². The van der Waals surface area contributed by atoms with Crippen molar-refractivity contribution in [3.8, 4) is 5.75 Å². The van der Waals surface area contributed by atoms with Gasteiger partial charge in [-0.05, 0) is 88.8 Å². The summed E-state index contributed by atoms with van der Waals surface area (Å²) in [6.45, 7) is 11.9. The minimum Gasteiger partial charge on any atom is -0.495 e. The van der Waals surface area contributed by atoms with E-state index in [2.05, 4.69) is 27.9 Å². The van der Waals surface area contributed by atoms with Crippen LogP contribution in [0.5, 0.6) is 5.75 Å². The van der Waals surface area contributed by atoms with E-state index in [1.54, 1.807) is 53.7 Å². The van der Waals surface area contributed by atoms with Crippen LogP contribution in [0.2, 0.25) is 0 Å². The van der Waals surface area contributed by atoms with Gasteiger partial charge >= 0.3 is 12.1 Å². The number of hydrogen-bond donors (Lipinski definition) is 1. The number of ether oxygens (including phenoxy) is 3. The van der Waals surface area contributed by atoms with E-state index < -0.39 is 29.3 Å². The van der Waals surface area contributed by atoms with E-state index >= 15 is 0 Å². The van der Waals surface area contributed by atoms with Crippen LogP contribution in [0.3, 0.4) is 0 Å². The van der Waals surface area contributed by atoms with Crippen molar-refractivity contribution in [2.75, 3.05) is 7.11 Å². The van der Waals surface area contributed by atoms with Gasteiger partial charge < -0.3 is 19.5 Å². The quantitative estimate of drug-likeness (QED) is 0.343. The summed E-state index contributed by atoms with van der Waals surface area (Å²) in [5.74, 6) is -0.259. The molecule has 162 valence electrons. The number of halogens is 1. The standard InChI is InChI=1S/C21H30INO6/c1-12(24)14-9-13(10-15(22)17(14)27-8)11-16(18(25)28-20(2,3)4)23-19(26)29-21(5,6)7/h9-10,16H,11H2,1-8H3,(H,23,26)/t16-/m0/s1. The highest BCUT2D eigenvalue weighted by molar-refractivity contribution is 14.1. The fourth-order valence-corrected chi connectivity index (χ4v) is 3.40. The van der Waals surface area contributed by atoms with Gasteiger partial charge in [0.2, 0.25) is 0 Å². The SMILES string of the molecule is COc1c(I)cc(C[C@H](NC(=O)OC(C)(C)C)C(=O)OC(C)(C)C)cc1C(C)=O. The maximum atomic E-state index is 12.7. The zero-order valence-corrected chi connectivity index (χ0v) is 20.4. The average molecular weight is 519 g/mol. The number of Topliss-reactive ketones (excluding diaryl/α,β-unsaturated/α-hetero) is 1. The van der Waals surface area contributed by atoms with Crippen LogP contribution in [0.15, 0.2) is 12.1 Å². The van der Waals surface area contributed by atoms with Gasteiger partial charge in [0.25, 0.3) is 0 Å². The first-order chi connectivity index (χ1) is 13.1. The first kappa shape index (κ1) is 25.2. The highest BCUT2D eigenvalue weighted by Gasteiger charge is 2.29. The van der Waals surface area contributed by atoms with Crippen LogP contribution in [0, 0.1) is 3.57 Å². The van der Waals surface area contributed by atoms with Crippen molar-refractivity contribution in [1.29, 1.82) is 0 Å². The van der Waals surface area contributed by atoms with Gasteiger partial charge in [0.1, 0.15) is 23.0 Å². The second kappa shape index (κ2) is 9.77. The van der Waals surface area contributed by atoms with Gasteiger partial charge in [-0.25, -0.2) is 9.59 Å². The van der Waals surface area contributed by atoms with Crippen molar-refractivity contribution in [3.05, 3.63) is 26.8 Å². The van der Waals surface area contributed by atoms with Crippen LogP contribution >= 0.6 is 22.6 Å². The predicted octanol–water partition coefficient (Wildman–Crippen LogP) is 4.28. The van der Waals surface area contributed by atoms with Crippen LogP contribution in [0.1, 0.15) is 64.4 Å². The van der Waals surface area contributed by atoms with Crippen LogP contribution < -0.4 is 10.1 Å². The Bertz CT molecular complexity index is 777. The van der Waals surface area contributed by atoms with Crippen LogP contribution in [0.25, 0.3) is 0 Å². The largest absolute Gasteiger partial charge is 0.495 e. The predicted molar refractivity (Wildman–Crippen MR) is 118 cm³/mol. The highest BCUT2D eigenvalue weighted by atomic mass is 127. The summed E-state index contributed by atoms with van der Waals surface area (Å²) in [6.07, 6.45) is -0.586. The molecule has 0 bridgehead atoms. The lowest BCUT2D eigenvalue weighted by Crippen LogP contribution is -2.47. The van der Waals surface area contributed by atoms with Crippen molar-refractivity contribution in [3.63, 3.8) is 0 Å². The number of carbonyl (C=O) groups is 3. The normalized spacial score (nSPS) is 12.7. The molecule has 0 aliphatic heterocycles. The molecular formula is C21H30INO6. The van der Waals surface area contributed by atoms with Crippen molar-refractivity contribution in [2.24, 2.45) is 0 Å². The number of rotatable bonds is 6. The molecule has 0 spiro atoms. The number of methoxy groups -OCH3 is 1. The molecule has 1 N–H and O–H groups in total. The zero-order valence-electron chi connectivity index (χ0n) is 18.3. The molecule has 1 aromatic rings. The average Bonchev–Trinajstić information content (AvgIpc) is 2.50. The van der Waals surface area contributed by atoms with Gasteiger partial charge in [-0.2, -0.15) is 0 Å². The summed E-state index contributed by atoms with van der Waals surface area (Å²) in [6, 6.07) is 2.49. The minimum absolute atomic E-state index is 0.133. The lowest BCUT2D eigenvalue weighted by atomic mass is 10.0. The fourth-order valence-electron chi connectivity index (χ4n) is 2.49. The molecule has 0 aromatic heterocycles. The van der Waals surface area contributed by atoms with E-state index in [0.29, 0.717) is 16.9 Å². The van der Waals surface area contributed by atoms with Gasteiger partial charge in [0, 0.05) is 6.42 Å². The summed E-state index contributed by atoms with van der Waals surface area (Å²) in [4.78, 5) is 37.0. The van der Waals surface area contributed by atoms with Gasteiger partial charge in [0.05, 0.1) is 16.2 Å². The number of amides is 1. The molecule has 0 heterocycles. The number of benzene rings is 1. The first-order valence-electron chi connectivity index (χ1n) is 9.22. The van der Waals surface area contributed by atoms with E-state index in [1.165, 1.54) is 14.0 Å². The number of carbonyl (C=O) groups excluding carboxylic acids is 3. The summed E-state index contributed by atoms with van der Waals surface area (Å²) in [5.41, 5.74) is -0.328. The Morgan fingerprint density at radius 2 is 1.59 bits per heavy atom. The number of hydrogen-bond acceptors (Lipinski definition) is 6. The number of ketones is 1. The summed E-state index contributed by atoms with van der Waals surface area (Å²) in [7, 11) is 1.50. The zero-order chi connectivity index (χ0) is 22.6. The highest BCUT2D eigenvalue weighted by Crippen LogP contribution is 2.28. The third kappa shape index (κ3) is 8.59. The molecule has 0 saturated carbocycles. The monoisotopic (exact) mass is 519 g/mol. The molecule has 1 atom stereocenters. The molecule has 0 aliphatic rings. The van der Waals surface area contributed by atoms with Crippen LogP contribution in [-0.2, 0) is 20.7 Å². The molecular weight excluding hydrogens is 489 g/mol. The Hall–Kier alpha value is -1.84. The maximum absolute atomic E-state index is 12.7. The van der Waals surface area contributed by atoms with Crippen LogP contribution in [0.4, 0.5) is 4.79 Å². The molecule has 1 rings (SSSR count).